The minimum Gasteiger partial charge on any atom is -0.323 e. The topological polar surface area (TPSA) is 79.9 Å². The second-order valence-electron chi connectivity index (χ2n) is 4.99. The van der Waals surface area contributed by atoms with Gasteiger partial charge in [0.2, 0.25) is 0 Å². The molecule has 1 N–H and O–H groups in total. The second-order valence-corrected chi connectivity index (χ2v) is 4.99. The number of carbonyl (C=O) groups excluding carboxylic acids is 1. The number of rotatable bonds is 1. The number of likely N-dealkylation sites (tertiary alicyclic amines) is 1. The number of carbonyl (C=O) groups is 1. The summed E-state index contributed by atoms with van der Waals surface area (Å²) in [6, 6.07) is 9.35. The smallest absolute Gasteiger partial charge is 0.321 e. The van der Waals surface area contributed by atoms with E-state index >= 15 is 0 Å². The quantitative estimate of drug-likeness (QED) is 0.850. The molecule has 5 heteroatoms. The summed E-state index contributed by atoms with van der Waals surface area (Å²) < 4.78 is 0. The molecule has 20 heavy (non-hydrogen) atoms. The Morgan fingerprint density at radius 2 is 2.25 bits per heavy atom. The van der Waals surface area contributed by atoms with E-state index < -0.39 is 0 Å². The van der Waals surface area contributed by atoms with Crippen molar-refractivity contribution in [3.8, 4) is 12.1 Å². The van der Waals surface area contributed by atoms with Crippen LogP contribution in [0.4, 0.5) is 10.5 Å². The van der Waals surface area contributed by atoms with E-state index in [1.807, 2.05) is 13.0 Å². The first-order valence-electron chi connectivity index (χ1n) is 6.60. The van der Waals surface area contributed by atoms with Crippen molar-refractivity contribution in [1.29, 1.82) is 10.5 Å². The maximum Gasteiger partial charge on any atom is 0.321 e. The highest BCUT2D eigenvalue weighted by Gasteiger charge is 2.23. The summed E-state index contributed by atoms with van der Waals surface area (Å²) in [4.78, 5) is 13.8. The predicted octanol–water partition coefficient (Wildman–Crippen LogP) is 2.63. The maximum atomic E-state index is 12.1. The van der Waals surface area contributed by atoms with Crippen LogP contribution in [0, 0.1) is 35.5 Å². The first-order chi connectivity index (χ1) is 9.63. The molecular weight excluding hydrogens is 252 g/mol. The van der Waals surface area contributed by atoms with Crippen molar-refractivity contribution in [2.75, 3.05) is 18.4 Å². The molecule has 1 aromatic carbocycles. The van der Waals surface area contributed by atoms with Crippen molar-refractivity contribution in [1.82, 2.24) is 4.90 Å². The molecule has 1 saturated heterocycles. The zero-order valence-corrected chi connectivity index (χ0v) is 11.4. The third-order valence-corrected chi connectivity index (χ3v) is 3.50. The van der Waals surface area contributed by atoms with E-state index in [1.54, 1.807) is 17.0 Å². The van der Waals surface area contributed by atoms with Gasteiger partial charge >= 0.3 is 6.03 Å². The van der Waals surface area contributed by atoms with Crippen LogP contribution in [0.5, 0.6) is 0 Å². The standard InChI is InChI=1S/C15H16N4O/c1-11-4-5-14(7-13(11)9-17)18-15(20)19-6-2-3-12(8-16)10-19/h4-5,7,12H,2-3,6,10H2,1H3,(H,18,20)/t12-/m1/s1. The summed E-state index contributed by atoms with van der Waals surface area (Å²) >= 11 is 0. The minimum absolute atomic E-state index is 0.0813. The molecule has 5 nitrogen and oxygen atoms in total. The molecule has 1 heterocycles. The number of anilines is 1. The molecule has 1 aromatic rings. The molecule has 0 bridgehead atoms. The average Bonchev–Trinajstić information content (AvgIpc) is 2.49. The first kappa shape index (κ1) is 13.9. The molecule has 0 radical (unpaired) electrons. The molecule has 102 valence electrons. The zero-order chi connectivity index (χ0) is 14.5. The molecule has 1 aliphatic rings. The highest BCUT2D eigenvalue weighted by Crippen LogP contribution is 2.18. The lowest BCUT2D eigenvalue weighted by Gasteiger charge is -2.29. The van der Waals surface area contributed by atoms with Gasteiger partial charge in [-0.15, -0.1) is 0 Å². The molecule has 1 fully saturated rings. The highest BCUT2D eigenvalue weighted by atomic mass is 16.2. The summed E-state index contributed by atoms with van der Waals surface area (Å²) in [6.07, 6.45) is 1.70. The fourth-order valence-corrected chi connectivity index (χ4v) is 2.29. The third kappa shape index (κ3) is 3.07. The molecule has 0 aromatic heterocycles. The van der Waals surface area contributed by atoms with Crippen LogP contribution in [0.1, 0.15) is 24.0 Å². The van der Waals surface area contributed by atoms with Gasteiger partial charge in [-0.25, -0.2) is 4.79 Å². The average molecular weight is 268 g/mol. The van der Waals surface area contributed by atoms with Gasteiger partial charge in [0, 0.05) is 18.8 Å². The van der Waals surface area contributed by atoms with Gasteiger partial charge in [0.25, 0.3) is 0 Å². The van der Waals surface area contributed by atoms with E-state index in [9.17, 15) is 4.79 Å². The van der Waals surface area contributed by atoms with Crippen LogP contribution in [0.25, 0.3) is 0 Å². The number of nitriles is 2. The number of amides is 2. The van der Waals surface area contributed by atoms with E-state index in [2.05, 4.69) is 17.5 Å². The van der Waals surface area contributed by atoms with Gasteiger partial charge in [-0.2, -0.15) is 10.5 Å². The largest absolute Gasteiger partial charge is 0.323 e. The van der Waals surface area contributed by atoms with Crippen molar-refractivity contribution in [2.24, 2.45) is 5.92 Å². The Morgan fingerprint density at radius 1 is 1.45 bits per heavy atom. The summed E-state index contributed by atoms with van der Waals surface area (Å²) in [5.74, 6) is -0.0813. The number of nitrogens with zero attached hydrogens (tertiary/aromatic N) is 3. The Labute approximate surface area is 118 Å². The van der Waals surface area contributed by atoms with E-state index in [0.717, 1.165) is 18.4 Å². The van der Waals surface area contributed by atoms with Crippen LogP contribution in [-0.4, -0.2) is 24.0 Å². The molecule has 1 atom stereocenters. The van der Waals surface area contributed by atoms with Gasteiger partial charge in [0.15, 0.2) is 0 Å². The van der Waals surface area contributed by atoms with E-state index in [4.69, 9.17) is 10.5 Å². The molecule has 2 amide bonds. The lowest BCUT2D eigenvalue weighted by Crippen LogP contribution is -2.42. The SMILES string of the molecule is Cc1ccc(NC(=O)N2CCC[C@H](C#N)C2)cc1C#N. The Hall–Kier alpha value is -2.53. The van der Waals surface area contributed by atoms with Crippen LogP contribution in [0.15, 0.2) is 18.2 Å². The van der Waals surface area contributed by atoms with Gasteiger partial charge < -0.3 is 10.2 Å². The Kier molecular flexibility index (Phi) is 4.22. The van der Waals surface area contributed by atoms with Crippen molar-refractivity contribution < 1.29 is 4.79 Å². The number of piperidine rings is 1. The highest BCUT2D eigenvalue weighted by molar-refractivity contribution is 5.89. The summed E-state index contributed by atoms with van der Waals surface area (Å²) in [7, 11) is 0. The molecule has 0 aliphatic carbocycles. The van der Waals surface area contributed by atoms with Crippen molar-refractivity contribution >= 4 is 11.7 Å². The van der Waals surface area contributed by atoms with Gasteiger partial charge in [0.05, 0.1) is 23.6 Å². The molecule has 2 rings (SSSR count). The minimum atomic E-state index is -0.210. The third-order valence-electron chi connectivity index (χ3n) is 3.50. The van der Waals surface area contributed by atoms with Gasteiger partial charge in [-0.3, -0.25) is 0 Å². The van der Waals surface area contributed by atoms with Crippen molar-refractivity contribution in [3.63, 3.8) is 0 Å². The molecule has 0 unspecified atom stereocenters. The fourth-order valence-electron chi connectivity index (χ4n) is 2.29. The second kappa shape index (κ2) is 6.08. The van der Waals surface area contributed by atoms with E-state index in [-0.39, 0.29) is 11.9 Å². The number of nitrogens with one attached hydrogen (secondary N) is 1. The van der Waals surface area contributed by atoms with Crippen molar-refractivity contribution in [3.05, 3.63) is 29.3 Å². The van der Waals surface area contributed by atoms with Crippen LogP contribution in [0.2, 0.25) is 0 Å². The Balaban J connectivity index is 2.05. The van der Waals surface area contributed by atoms with Crippen LogP contribution in [0.3, 0.4) is 0 Å². The van der Waals surface area contributed by atoms with Crippen LogP contribution >= 0.6 is 0 Å². The van der Waals surface area contributed by atoms with Crippen molar-refractivity contribution in [2.45, 2.75) is 19.8 Å². The molecule has 1 aliphatic heterocycles. The van der Waals surface area contributed by atoms with Crippen LogP contribution < -0.4 is 5.32 Å². The number of benzene rings is 1. The lowest BCUT2D eigenvalue weighted by atomic mass is 10.0. The predicted molar refractivity (Wildman–Crippen MR) is 74.8 cm³/mol. The van der Waals surface area contributed by atoms with E-state index in [0.29, 0.717) is 24.3 Å². The lowest BCUT2D eigenvalue weighted by molar-refractivity contribution is 0.189. The number of aryl methyl sites for hydroxylation is 1. The summed E-state index contributed by atoms with van der Waals surface area (Å²) in [5.41, 5.74) is 2.04. The number of hydrogen-bond acceptors (Lipinski definition) is 3. The Bertz CT molecular complexity index is 597. The fraction of sp³-hybridized carbons (Fsp3) is 0.400. The van der Waals surface area contributed by atoms with Gasteiger partial charge in [-0.1, -0.05) is 6.07 Å². The maximum absolute atomic E-state index is 12.1. The molecule has 0 spiro atoms. The number of hydrogen-bond donors (Lipinski definition) is 1. The molecular formula is C15H16N4O. The summed E-state index contributed by atoms with van der Waals surface area (Å²) in [5, 5.41) is 20.7. The monoisotopic (exact) mass is 268 g/mol. The zero-order valence-electron chi connectivity index (χ0n) is 11.4. The number of urea groups is 1. The Morgan fingerprint density at radius 3 is 2.95 bits per heavy atom. The first-order valence-corrected chi connectivity index (χ1v) is 6.60. The van der Waals surface area contributed by atoms with Gasteiger partial charge in [-0.05, 0) is 37.5 Å². The normalized spacial score (nSPS) is 17.9. The van der Waals surface area contributed by atoms with E-state index in [1.165, 1.54) is 0 Å². The summed E-state index contributed by atoms with van der Waals surface area (Å²) in [6.45, 7) is 2.99. The van der Waals surface area contributed by atoms with Crippen LogP contribution in [-0.2, 0) is 0 Å². The van der Waals surface area contributed by atoms with Gasteiger partial charge in [0.1, 0.15) is 0 Å². The molecule has 0 saturated carbocycles.